The highest BCUT2D eigenvalue weighted by molar-refractivity contribution is 6.35. The summed E-state index contributed by atoms with van der Waals surface area (Å²) in [6.07, 6.45) is 3.71. The number of hydrogen-bond acceptors (Lipinski definition) is 5. The topological polar surface area (TPSA) is 89.0 Å². The van der Waals surface area contributed by atoms with Crippen molar-refractivity contribution < 1.29 is 19.1 Å². The Hall–Kier alpha value is -3.61. The van der Waals surface area contributed by atoms with Crippen LogP contribution in [0.3, 0.4) is 0 Å². The molecular weight excluding hydrogens is 370 g/mol. The van der Waals surface area contributed by atoms with E-state index < -0.39 is 11.8 Å². The van der Waals surface area contributed by atoms with Crippen LogP contribution in [0.2, 0.25) is 0 Å². The lowest BCUT2D eigenvalue weighted by Gasteiger charge is -2.11. The molecule has 7 heteroatoms. The van der Waals surface area contributed by atoms with Crippen molar-refractivity contribution in [3.63, 3.8) is 0 Å². The summed E-state index contributed by atoms with van der Waals surface area (Å²) in [5.41, 5.74) is 3.98. The molecule has 0 atom stereocenters. The second-order valence-electron chi connectivity index (χ2n) is 5.93. The molecule has 0 spiro atoms. The number of rotatable bonds is 10. The average molecular weight is 395 g/mol. The van der Waals surface area contributed by atoms with Crippen molar-refractivity contribution in [2.45, 2.75) is 13.3 Å². The molecule has 0 unspecified atom stereocenters. The van der Waals surface area contributed by atoms with Crippen molar-refractivity contribution in [2.24, 2.45) is 5.10 Å². The Morgan fingerprint density at radius 3 is 2.59 bits per heavy atom. The van der Waals surface area contributed by atoms with E-state index in [1.54, 1.807) is 24.3 Å². The first-order valence-electron chi connectivity index (χ1n) is 9.29. The number of carbonyl (C=O) groups is 2. The van der Waals surface area contributed by atoms with Crippen molar-refractivity contribution in [3.05, 3.63) is 72.3 Å². The van der Waals surface area contributed by atoms with Crippen molar-refractivity contribution >= 4 is 18.0 Å². The van der Waals surface area contributed by atoms with Gasteiger partial charge in [0.2, 0.25) is 0 Å². The molecule has 29 heavy (non-hydrogen) atoms. The first-order chi connectivity index (χ1) is 14.1. The minimum Gasteiger partial charge on any atom is -0.490 e. The number of benzene rings is 2. The van der Waals surface area contributed by atoms with E-state index in [1.165, 1.54) is 6.21 Å². The zero-order valence-electron chi connectivity index (χ0n) is 16.4. The lowest BCUT2D eigenvalue weighted by Crippen LogP contribution is -2.38. The summed E-state index contributed by atoms with van der Waals surface area (Å²) < 4.78 is 11.1. The highest BCUT2D eigenvalue weighted by Crippen LogP contribution is 2.28. The fraction of sp³-hybridized carbons (Fsp3) is 0.227. The summed E-state index contributed by atoms with van der Waals surface area (Å²) >= 11 is 0. The lowest BCUT2D eigenvalue weighted by atomic mass is 10.1. The summed E-state index contributed by atoms with van der Waals surface area (Å²) in [7, 11) is 0. The molecule has 0 bridgehead atoms. The fourth-order valence-corrected chi connectivity index (χ4v) is 2.40. The van der Waals surface area contributed by atoms with E-state index in [4.69, 9.17) is 9.47 Å². The van der Waals surface area contributed by atoms with Crippen LogP contribution in [0.15, 0.2) is 66.3 Å². The molecule has 0 heterocycles. The molecule has 0 saturated heterocycles. The van der Waals surface area contributed by atoms with E-state index in [-0.39, 0.29) is 0 Å². The molecule has 0 saturated carbocycles. The predicted octanol–water partition coefficient (Wildman–Crippen LogP) is 2.46. The van der Waals surface area contributed by atoms with Gasteiger partial charge in [-0.05, 0) is 42.7 Å². The third-order valence-electron chi connectivity index (χ3n) is 3.75. The van der Waals surface area contributed by atoms with Crippen molar-refractivity contribution in [1.82, 2.24) is 10.7 Å². The van der Waals surface area contributed by atoms with Gasteiger partial charge in [-0.3, -0.25) is 9.59 Å². The van der Waals surface area contributed by atoms with Crippen LogP contribution in [0.5, 0.6) is 11.5 Å². The van der Waals surface area contributed by atoms with Crippen molar-refractivity contribution in [1.29, 1.82) is 0 Å². The molecule has 2 aromatic carbocycles. The molecule has 2 aromatic rings. The number of ether oxygens (including phenoxy) is 2. The number of amides is 2. The predicted molar refractivity (Wildman–Crippen MR) is 112 cm³/mol. The first kappa shape index (κ1) is 21.7. The monoisotopic (exact) mass is 395 g/mol. The second-order valence-corrected chi connectivity index (χ2v) is 5.93. The summed E-state index contributed by atoms with van der Waals surface area (Å²) in [6.45, 7) is 6.69. The fourth-order valence-electron chi connectivity index (χ4n) is 2.40. The third kappa shape index (κ3) is 7.50. The van der Waals surface area contributed by atoms with Crippen molar-refractivity contribution in [3.8, 4) is 11.5 Å². The minimum absolute atomic E-state index is 0.364. The van der Waals surface area contributed by atoms with Gasteiger partial charge < -0.3 is 14.8 Å². The number of nitrogens with zero attached hydrogens (tertiary/aromatic N) is 1. The standard InChI is InChI=1S/C22H25N3O4/c1-3-14-29-19-11-10-18(15-20(19)28-4-2)16-24-25-22(27)21(26)23-13-12-17-8-6-5-7-9-17/h3,5-11,15-16H,1,4,12-14H2,2H3,(H,23,26)(H,25,27)/b24-16+. The molecule has 0 radical (unpaired) electrons. The Kier molecular flexibility index (Phi) is 8.95. The van der Waals surface area contributed by atoms with Crippen molar-refractivity contribution in [2.75, 3.05) is 19.8 Å². The number of hydrogen-bond donors (Lipinski definition) is 2. The highest BCUT2D eigenvalue weighted by Gasteiger charge is 2.11. The summed E-state index contributed by atoms with van der Waals surface area (Å²) in [5, 5.41) is 6.39. The number of nitrogens with one attached hydrogen (secondary N) is 2. The van der Waals surface area contributed by atoms with Gasteiger partial charge in [-0.15, -0.1) is 0 Å². The molecule has 0 aliphatic heterocycles. The molecule has 7 nitrogen and oxygen atoms in total. The molecule has 0 aliphatic rings. The van der Waals surface area contributed by atoms with E-state index in [1.807, 2.05) is 37.3 Å². The largest absolute Gasteiger partial charge is 0.490 e. The van der Waals surface area contributed by atoms with Gasteiger partial charge in [0.1, 0.15) is 6.61 Å². The van der Waals surface area contributed by atoms with E-state index >= 15 is 0 Å². The maximum absolute atomic E-state index is 11.8. The van der Waals surface area contributed by atoms with Crippen LogP contribution in [0.4, 0.5) is 0 Å². The molecule has 0 aromatic heterocycles. The summed E-state index contributed by atoms with van der Waals surface area (Å²) in [6, 6.07) is 14.9. The zero-order chi connectivity index (χ0) is 20.9. The van der Waals surface area contributed by atoms with Crippen LogP contribution >= 0.6 is 0 Å². The molecule has 0 fully saturated rings. The summed E-state index contributed by atoms with van der Waals surface area (Å²) in [4.78, 5) is 23.6. The van der Waals surface area contributed by atoms with E-state index in [2.05, 4.69) is 22.4 Å². The normalized spacial score (nSPS) is 10.4. The Morgan fingerprint density at radius 1 is 1.07 bits per heavy atom. The summed E-state index contributed by atoms with van der Waals surface area (Å²) in [5.74, 6) is -0.416. The Balaban J connectivity index is 1.84. The minimum atomic E-state index is -0.828. The van der Waals surface area contributed by atoms with Crippen LogP contribution in [-0.2, 0) is 16.0 Å². The van der Waals surface area contributed by atoms with Gasteiger partial charge in [-0.25, -0.2) is 5.43 Å². The maximum Gasteiger partial charge on any atom is 0.329 e. The van der Waals surface area contributed by atoms with E-state index in [0.29, 0.717) is 43.2 Å². The van der Waals surface area contributed by atoms with Crippen LogP contribution in [0, 0.1) is 0 Å². The Bertz CT molecular complexity index is 850. The van der Waals surface area contributed by atoms with Crippen LogP contribution in [0.1, 0.15) is 18.1 Å². The van der Waals surface area contributed by atoms with Crippen LogP contribution < -0.4 is 20.2 Å². The van der Waals surface area contributed by atoms with Gasteiger partial charge in [0.15, 0.2) is 11.5 Å². The van der Waals surface area contributed by atoms with Crippen LogP contribution in [0.25, 0.3) is 0 Å². The average Bonchev–Trinajstić information content (AvgIpc) is 2.74. The quantitative estimate of drug-likeness (QED) is 0.280. The zero-order valence-corrected chi connectivity index (χ0v) is 16.4. The van der Waals surface area contributed by atoms with Gasteiger partial charge in [0.25, 0.3) is 0 Å². The van der Waals surface area contributed by atoms with E-state index in [0.717, 1.165) is 5.56 Å². The molecule has 2 amide bonds. The number of carbonyl (C=O) groups excluding carboxylic acids is 2. The van der Waals surface area contributed by atoms with Gasteiger partial charge >= 0.3 is 11.8 Å². The van der Waals surface area contributed by atoms with Crippen LogP contribution in [-0.4, -0.2) is 37.8 Å². The molecule has 0 aliphatic carbocycles. The van der Waals surface area contributed by atoms with Gasteiger partial charge in [0, 0.05) is 6.54 Å². The van der Waals surface area contributed by atoms with Gasteiger partial charge in [-0.2, -0.15) is 5.10 Å². The molecule has 2 rings (SSSR count). The Labute approximate surface area is 170 Å². The molecule has 2 N–H and O–H groups in total. The van der Waals surface area contributed by atoms with E-state index in [9.17, 15) is 9.59 Å². The first-order valence-corrected chi connectivity index (χ1v) is 9.29. The maximum atomic E-state index is 11.8. The molecule has 152 valence electrons. The molecular formula is C22H25N3O4. The lowest BCUT2D eigenvalue weighted by molar-refractivity contribution is -0.139. The van der Waals surface area contributed by atoms with Gasteiger partial charge in [-0.1, -0.05) is 43.0 Å². The Morgan fingerprint density at radius 2 is 1.86 bits per heavy atom. The third-order valence-corrected chi connectivity index (χ3v) is 3.75. The smallest absolute Gasteiger partial charge is 0.329 e. The van der Waals surface area contributed by atoms with Gasteiger partial charge in [0.05, 0.1) is 12.8 Å². The SMILES string of the molecule is C=CCOc1ccc(/C=N/NC(=O)C(=O)NCCc2ccccc2)cc1OCC. The second kappa shape index (κ2) is 12.0. The highest BCUT2D eigenvalue weighted by atomic mass is 16.5. The number of hydrazone groups is 1.